The summed E-state index contributed by atoms with van der Waals surface area (Å²) in [6, 6.07) is 47.8. The average Bonchev–Trinajstić information content (AvgIpc) is 3.59. The highest BCUT2D eigenvalue weighted by Crippen LogP contribution is 2.38. The van der Waals surface area contributed by atoms with Gasteiger partial charge in [-0.1, -0.05) is 66.7 Å². The lowest BCUT2D eigenvalue weighted by atomic mass is 10.1. The molecule has 52 heavy (non-hydrogen) atoms. The smallest absolute Gasteiger partial charge is 0.139 e. The Labute approximate surface area is 298 Å². The van der Waals surface area contributed by atoms with Crippen LogP contribution in [0.3, 0.4) is 0 Å². The van der Waals surface area contributed by atoms with Gasteiger partial charge >= 0.3 is 0 Å². The number of para-hydroxylation sites is 1. The molecule has 10 aromatic rings. The summed E-state index contributed by atoms with van der Waals surface area (Å²) in [5.74, 6) is 0. The zero-order valence-corrected chi connectivity index (χ0v) is 27.8. The predicted molar refractivity (Wildman–Crippen MR) is 209 cm³/mol. The topological polar surface area (TPSA) is 80.8 Å². The molecule has 0 saturated heterocycles. The normalized spacial score (nSPS) is 11.5. The molecule has 0 bridgehead atoms. The molecule has 0 spiro atoms. The number of nitrogens with zero attached hydrogens (tertiary/aromatic N) is 6. The van der Waals surface area contributed by atoms with Crippen molar-refractivity contribution in [1.82, 2.24) is 24.9 Å². The van der Waals surface area contributed by atoms with E-state index in [0.717, 1.165) is 94.6 Å². The number of aromatic nitrogens is 5. The second kappa shape index (κ2) is 12.3. The van der Waals surface area contributed by atoms with Crippen LogP contribution in [0.15, 0.2) is 175 Å². The number of pyridine rings is 5. The standard InChI is InChI=1S/C45H28N6O/c1-2-8-44-37(7-1)38-26-48-41(25-45(38)52-44)31-13-19-36(20-14-31)51(34-15-9-29(10-16-34)39-23-32-5-3-21-46-42(32)27-49-39)35-17-11-30(12-18-35)40-24-33-6-4-22-47-43(33)28-50-40/h1-28H. The van der Waals surface area contributed by atoms with E-state index in [0.29, 0.717) is 0 Å². The minimum Gasteiger partial charge on any atom is -0.456 e. The van der Waals surface area contributed by atoms with Gasteiger partial charge < -0.3 is 9.32 Å². The Bertz CT molecular complexity index is 2780. The SMILES string of the molecule is c1cnc2cnc(-c3ccc(N(c4ccc(-c5cc6cccnc6cn5)cc4)c4ccc(-c5cc6oc7ccccc7c6cn5)cc4)cc3)cc2c1. The van der Waals surface area contributed by atoms with Crippen molar-refractivity contribution in [2.45, 2.75) is 0 Å². The third-order valence-electron chi connectivity index (χ3n) is 9.51. The molecule has 7 nitrogen and oxygen atoms in total. The van der Waals surface area contributed by atoms with Gasteiger partial charge in [-0.15, -0.1) is 0 Å². The van der Waals surface area contributed by atoms with Crippen molar-refractivity contribution >= 4 is 60.8 Å². The van der Waals surface area contributed by atoms with Crippen molar-refractivity contribution in [1.29, 1.82) is 0 Å². The van der Waals surface area contributed by atoms with Crippen molar-refractivity contribution in [3.63, 3.8) is 0 Å². The fourth-order valence-corrected chi connectivity index (χ4v) is 6.84. The van der Waals surface area contributed by atoms with Crippen molar-refractivity contribution in [3.8, 4) is 33.8 Å². The Morgan fingerprint density at radius 3 is 1.40 bits per heavy atom. The summed E-state index contributed by atoms with van der Waals surface area (Å²) in [5, 5.41) is 4.20. The third kappa shape index (κ3) is 5.28. The number of hydrogen-bond donors (Lipinski definition) is 0. The number of fused-ring (bicyclic) bond motifs is 5. The van der Waals surface area contributed by atoms with Crippen LogP contribution in [0.1, 0.15) is 0 Å². The quantitative estimate of drug-likeness (QED) is 0.174. The lowest BCUT2D eigenvalue weighted by Crippen LogP contribution is -2.09. The third-order valence-corrected chi connectivity index (χ3v) is 9.51. The van der Waals surface area contributed by atoms with Crippen LogP contribution >= 0.6 is 0 Å². The zero-order valence-electron chi connectivity index (χ0n) is 27.8. The second-order valence-corrected chi connectivity index (χ2v) is 12.7. The minimum absolute atomic E-state index is 0.825. The highest BCUT2D eigenvalue weighted by molar-refractivity contribution is 6.05. The summed E-state index contributed by atoms with van der Waals surface area (Å²) < 4.78 is 6.15. The molecule has 0 aliphatic rings. The first-order chi connectivity index (χ1) is 25.7. The molecule has 7 heteroatoms. The van der Waals surface area contributed by atoms with Gasteiger partial charge in [-0.3, -0.25) is 24.9 Å². The lowest BCUT2D eigenvalue weighted by molar-refractivity contribution is 0.668. The average molecular weight is 669 g/mol. The Hall–Kier alpha value is -7.25. The molecular formula is C45H28N6O. The molecule has 6 heterocycles. The van der Waals surface area contributed by atoms with E-state index >= 15 is 0 Å². The number of anilines is 3. The Balaban J connectivity index is 1.02. The highest BCUT2D eigenvalue weighted by atomic mass is 16.3. The second-order valence-electron chi connectivity index (χ2n) is 12.7. The number of benzene rings is 4. The van der Waals surface area contributed by atoms with Gasteiger partial charge in [0.25, 0.3) is 0 Å². The molecule has 0 aliphatic heterocycles. The fourth-order valence-electron chi connectivity index (χ4n) is 6.84. The van der Waals surface area contributed by atoms with Crippen LogP contribution in [0.5, 0.6) is 0 Å². The van der Waals surface area contributed by atoms with E-state index < -0.39 is 0 Å². The fraction of sp³-hybridized carbons (Fsp3) is 0. The summed E-state index contributed by atoms with van der Waals surface area (Å²) in [6.07, 6.45) is 9.14. The maximum Gasteiger partial charge on any atom is 0.139 e. The summed E-state index contributed by atoms with van der Waals surface area (Å²) in [7, 11) is 0. The predicted octanol–water partition coefficient (Wildman–Crippen LogP) is 11.3. The maximum absolute atomic E-state index is 6.15. The minimum atomic E-state index is 0.825. The molecule has 0 amide bonds. The van der Waals surface area contributed by atoms with E-state index in [1.807, 2.05) is 55.0 Å². The van der Waals surface area contributed by atoms with E-state index in [-0.39, 0.29) is 0 Å². The van der Waals surface area contributed by atoms with E-state index in [2.05, 4.69) is 118 Å². The van der Waals surface area contributed by atoms with Crippen LogP contribution in [-0.4, -0.2) is 24.9 Å². The monoisotopic (exact) mass is 668 g/mol. The van der Waals surface area contributed by atoms with Gasteiger partial charge in [-0.05, 0) is 66.7 Å². The molecule has 0 radical (unpaired) electrons. The van der Waals surface area contributed by atoms with E-state index in [9.17, 15) is 0 Å². The summed E-state index contributed by atoms with van der Waals surface area (Å²) in [5.41, 5.74) is 12.2. The molecule has 4 aromatic carbocycles. The summed E-state index contributed by atoms with van der Waals surface area (Å²) >= 11 is 0. The molecule has 0 atom stereocenters. The van der Waals surface area contributed by atoms with Crippen molar-refractivity contribution in [2.75, 3.05) is 4.90 Å². The Kier molecular flexibility index (Phi) is 6.99. The molecule has 0 saturated carbocycles. The van der Waals surface area contributed by atoms with Gasteiger partial charge in [0.15, 0.2) is 0 Å². The van der Waals surface area contributed by atoms with Crippen LogP contribution in [-0.2, 0) is 0 Å². The number of furan rings is 1. The lowest BCUT2D eigenvalue weighted by Gasteiger charge is -2.26. The van der Waals surface area contributed by atoms with Crippen molar-refractivity contribution in [3.05, 3.63) is 171 Å². The van der Waals surface area contributed by atoms with Gasteiger partial charge in [-0.25, -0.2) is 0 Å². The molecule has 0 unspecified atom stereocenters. The molecule has 0 aliphatic carbocycles. The van der Waals surface area contributed by atoms with E-state index in [1.54, 1.807) is 12.4 Å². The Morgan fingerprint density at radius 2 is 0.865 bits per heavy atom. The highest BCUT2D eigenvalue weighted by Gasteiger charge is 2.16. The summed E-state index contributed by atoms with van der Waals surface area (Å²) in [4.78, 5) is 25.3. The van der Waals surface area contributed by atoms with Gasteiger partial charge in [0, 0.05) is 80.0 Å². The number of hydrogen-bond acceptors (Lipinski definition) is 7. The van der Waals surface area contributed by atoms with E-state index in [4.69, 9.17) is 19.4 Å². The molecule has 6 aromatic heterocycles. The van der Waals surface area contributed by atoms with Crippen LogP contribution in [0, 0.1) is 0 Å². The van der Waals surface area contributed by atoms with Crippen LogP contribution < -0.4 is 4.90 Å². The molecule has 10 rings (SSSR count). The van der Waals surface area contributed by atoms with Crippen molar-refractivity contribution < 1.29 is 4.42 Å². The first-order valence-corrected chi connectivity index (χ1v) is 17.0. The first-order valence-electron chi connectivity index (χ1n) is 17.0. The largest absolute Gasteiger partial charge is 0.456 e. The molecule has 0 N–H and O–H groups in total. The summed E-state index contributed by atoms with van der Waals surface area (Å²) in [6.45, 7) is 0. The van der Waals surface area contributed by atoms with Crippen LogP contribution in [0.2, 0.25) is 0 Å². The van der Waals surface area contributed by atoms with Gasteiger partial charge in [-0.2, -0.15) is 0 Å². The first kappa shape index (κ1) is 29.6. The maximum atomic E-state index is 6.15. The molecule has 244 valence electrons. The van der Waals surface area contributed by atoms with Crippen molar-refractivity contribution in [2.24, 2.45) is 0 Å². The Morgan fingerprint density at radius 1 is 0.385 bits per heavy atom. The van der Waals surface area contributed by atoms with Crippen LogP contribution in [0.25, 0.3) is 77.5 Å². The number of rotatable bonds is 6. The van der Waals surface area contributed by atoms with Gasteiger partial charge in [0.2, 0.25) is 0 Å². The van der Waals surface area contributed by atoms with Crippen LogP contribution in [0.4, 0.5) is 17.1 Å². The van der Waals surface area contributed by atoms with Gasteiger partial charge in [0.05, 0.1) is 40.5 Å². The molecular weight excluding hydrogens is 641 g/mol. The zero-order chi connectivity index (χ0) is 34.4. The van der Waals surface area contributed by atoms with E-state index in [1.165, 1.54) is 0 Å². The van der Waals surface area contributed by atoms with Gasteiger partial charge in [0.1, 0.15) is 11.2 Å². The molecule has 0 fully saturated rings.